The maximum Gasteiger partial charge on any atom is 0.231 e. The molecule has 1 aliphatic rings. The normalized spacial score (nSPS) is 15.6. The number of benzene rings is 2. The first kappa shape index (κ1) is 17.5. The van der Waals surface area contributed by atoms with Gasteiger partial charge in [0.05, 0.1) is 19.1 Å². The lowest BCUT2D eigenvalue weighted by Gasteiger charge is -2.29. The molecule has 1 heterocycles. The number of morpholine rings is 1. The summed E-state index contributed by atoms with van der Waals surface area (Å²) in [6, 6.07) is 18.1. The Morgan fingerprint density at radius 3 is 2.40 bits per heavy atom. The molecule has 4 nitrogen and oxygen atoms in total. The Hall–Kier alpha value is -2.33. The maximum atomic E-state index is 12.8. The average Bonchev–Trinajstić information content (AvgIpc) is 2.68. The number of hydrogen-bond acceptors (Lipinski definition) is 3. The van der Waals surface area contributed by atoms with Crippen LogP contribution >= 0.6 is 0 Å². The summed E-state index contributed by atoms with van der Waals surface area (Å²) in [6.45, 7) is 5.49. The molecule has 0 saturated carbocycles. The molecule has 0 aliphatic carbocycles. The topological polar surface area (TPSA) is 41.6 Å². The third kappa shape index (κ3) is 4.60. The number of rotatable bonds is 6. The fraction of sp³-hybridized carbons (Fsp3) is 0.381. The highest BCUT2D eigenvalue weighted by Crippen LogP contribution is 2.24. The summed E-state index contributed by atoms with van der Waals surface area (Å²) in [5, 5.41) is 3.07. The van der Waals surface area contributed by atoms with E-state index in [1.165, 1.54) is 5.69 Å². The van der Waals surface area contributed by atoms with Crippen LogP contribution < -0.4 is 10.2 Å². The maximum absolute atomic E-state index is 12.8. The first-order chi connectivity index (χ1) is 12.3. The van der Waals surface area contributed by atoms with Crippen LogP contribution in [0, 0.1) is 0 Å². The summed E-state index contributed by atoms with van der Waals surface area (Å²) in [7, 11) is 0. The van der Waals surface area contributed by atoms with Crippen LogP contribution in [0.4, 0.5) is 11.4 Å². The third-order valence-electron chi connectivity index (χ3n) is 4.61. The number of carbonyl (C=O) groups excluding carboxylic acids is 1. The van der Waals surface area contributed by atoms with Gasteiger partial charge in [-0.1, -0.05) is 43.7 Å². The largest absolute Gasteiger partial charge is 0.378 e. The molecule has 0 radical (unpaired) electrons. The van der Waals surface area contributed by atoms with Crippen molar-refractivity contribution < 1.29 is 9.53 Å². The molecule has 1 amide bonds. The van der Waals surface area contributed by atoms with Crippen LogP contribution in [0.5, 0.6) is 0 Å². The van der Waals surface area contributed by atoms with Crippen LogP contribution in [-0.4, -0.2) is 32.2 Å². The lowest BCUT2D eigenvalue weighted by molar-refractivity contribution is -0.117. The third-order valence-corrected chi connectivity index (χ3v) is 4.61. The van der Waals surface area contributed by atoms with Crippen molar-refractivity contribution in [1.82, 2.24) is 0 Å². The molecule has 0 bridgehead atoms. The predicted molar refractivity (Wildman–Crippen MR) is 102 cm³/mol. The highest BCUT2D eigenvalue weighted by molar-refractivity contribution is 5.96. The van der Waals surface area contributed by atoms with Crippen LogP contribution in [0.25, 0.3) is 0 Å². The van der Waals surface area contributed by atoms with Gasteiger partial charge in [-0.3, -0.25) is 4.79 Å². The van der Waals surface area contributed by atoms with Crippen molar-refractivity contribution in [2.75, 3.05) is 36.5 Å². The molecule has 0 spiro atoms. The zero-order chi connectivity index (χ0) is 17.5. The van der Waals surface area contributed by atoms with E-state index in [-0.39, 0.29) is 11.8 Å². The number of ether oxygens (including phenoxy) is 1. The number of amides is 1. The minimum absolute atomic E-state index is 0.0622. The van der Waals surface area contributed by atoms with Gasteiger partial charge in [-0.05, 0) is 36.2 Å². The van der Waals surface area contributed by atoms with Gasteiger partial charge in [-0.15, -0.1) is 0 Å². The van der Waals surface area contributed by atoms with Crippen molar-refractivity contribution >= 4 is 17.3 Å². The molecule has 4 heteroatoms. The van der Waals surface area contributed by atoms with Crippen molar-refractivity contribution in [2.45, 2.75) is 25.7 Å². The lowest BCUT2D eigenvalue weighted by Crippen LogP contribution is -2.36. The van der Waals surface area contributed by atoms with E-state index in [1.54, 1.807) is 0 Å². The van der Waals surface area contributed by atoms with Gasteiger partial charge in [0.15, 0.2) is 0 Å². The molecule has 0 aromatic heterocycles. The average molecular weight is 338 g/mol. The number of carbonyl (C=O) groups is 1. The molecule has 0 unspecified atom stereocenters. The summed E-state index contributed by atoms with van der Waals surface area (Å²) in [5.74, 6) is -0.0442. The van der Waals surface area contributed by atoms with Crippen LogP contribution in [0.1, 0.15) is 31.2 Å². The van der Waals surface area contributed by atoms with Gasteiger partial charge in [0.2, 0.25) is 5.91 Å². The van der Waals surface area contributed by atoms with E-state index in [0.717, 1.165) is 50.4 Å². The van der Waals surface area contributed by atoms with E-state index in [4.69, 9.17) is 4.74 Å². The second-order valence-corrected chi connectivity index (χ2v) is 6.39. The quantitative estimate of drug-likeness (QED) is 0.864. The highest BCUT2D eigenvalue weighted by atomic mass is 16.5. The van der Waals surface area contributed by atoms with Gasteiger partial charge >= 0.3 is 0 Å². The number of nitrogens with one attached hydrogen (secondary N) is 1. The first-order valence-electron chi connectivity index (χ1n) is 9.06. The lowest BCUT2D eigenvalue weighted by atomic mass is 9.93. The van der Waals surface area contributed by atoms with Crippen molar-refractivity contribution in [3.63, 3.8) is 0 Å². The molecule has 132 valence electrons. The van der Waals surface area contributed by atoms with Gasteiger partial charge in [0, 0.05) is 24.5 Å². The zero-order valence-corrected chi connectivity index (χ0v) is 14.8. The Bertz CT molecular complexity index is 664. The van der Waals surface area contributed by atoms with Crippen molar-refractivity contribution in [3.05, 3.63) is 60.2 Å². The highest BCUT2D eigenvalue weighted by Gasteiger charge is 2.19. The molecule has 1 atom stereocenters. The number of hydrogen-bond donors (Lipinski definition) is 1. The monoisotopic (exact) mass is 338 g/mol. The molecule has 25 heavy (non-hydrogen) atoms. The zero-order valence-electron chi connectivity index (χ0n) is 14.8. The second kappa shape index (κ2) is 8.67. The van der Waals surface area contributed by atoms with Gasteiger partial charge in [-0.2, -0.15) is 0 Å². The predicted octanol–water partition coefficient (Wildman–Crippen LogP) is 4.05. The van der Waals surface area contributed by atoms with E-state index in [2.05, 4.69) is 29.3 Å². The van der Waals surface area contributed by atoms with E-state index < -0.39 is 0 Å². The van der Waals surface area contributed by atoms with E-state index in [1.807, 2.05) is 42.5 Å². The van der Waals surface area contributed by atoms with Gasteiger partial charge in [-0.25, -0.2) is 0 Å². The van der Waals surface area contributed by atoms with Crippen LogP contribution in [-0.2, 0) is 9.53 Å². The summed E-state index contributed by atoms with van der Waals surface area (Å²) >= 11 is 0. The fourth-order valence-corrected chi connectivity index (χ4v) is 3.23. The Kier molecular flexibility index (Phi) is 6.07. The molecule has 1 fully saturated rings. The second-order valence-electron chi connectivity index (χ2n) is 6.39. The molecular weight excluding hydrogens is 312 g/mol. The summed E-state index contributed by atoms with van der Waals surface area (Å²) in [6.07, 6.45) is 1.82. The SMILES string of the molecule is CCC[C@H](C(=O)Nc1ccc(N2CCOCC2)cc1)c1ccccc1. The fourth-order valence-electron chi connectivity index (χ4n) is 3.23. The molecule has 2 aromatic rings. The number of nitrogens with zero attached hydrogens (tertiary/aromatic N) is 1. The molecule has 2 aromatic carbocycles. The van der Waals surface area contributed by atoms with E-state index in [9.17, 15) is 4.79 Å². The molecule has 3 rings (SSSR count). The van der Waals surface area contributed by atoms with Crippen molar-refractivity contribution in [2.24, 2.45) is 0 Å². The minimum atomic E-state index is -0.106. The molecule has 1 saturated heterocycles. The van der Waals surface area contributed by atoms with Crippen molar-refractivity contribution in [1.29, 1.82) is 0 Å². The summed E-state index contributed by atoms with van der Waals surface area (Å²) in [4.78, 5) is 15.1. The Balaban J connectivity index is 1.66. The summed E-state index contributed by atoms with van der Waals surface area (Å²) < 4.78 is 5.39. The molecule has 1 N–H and O–H groups in total. The van der Waals surface area contributed by atoms with E-state index >= 15 is 0 Å². The van der Waals surface area contributed by atoms with Gasteiger partial charge in [0.25, 0.3) is 0 Å². The van der Waals surface area contributed by atoms with Crippen LogP contribution in [0.3, 0.4) is 0 Å². The van der Waals surface area contributed by atoms with E-state index in [0.29, 0.717) is 0 Å². The standard InChI is InChI=1S/C21H26N2O2/c1-2-6-20(17-7-4-3-5-8-17)21(24)22-18-9-11-19(12-10-18)23-13-15-25-16-14-23/h3-5,7-12,20H,2,6,13-16H2,1H3,(H,22,24)/t20-/m0/s1. The Labute approximate surface area is 149 Å². The first-order valence-corrected chi connectivity index (χ1v) is 9.06. The van der Waals surface area contributed by atoms with Crippen LogP contribution in [0.2, 0.25) is 0 Å². The van der Waals surface area contributed by atoms with Gasteiger partial charge in [0.1, 0.15) is 0 Å². The van der Waals surface area contributed by atoms with Crippen LogP contribution in [0.15, 0.2) is 54.6 Å². The minimum Gasteiger partial charge on any atom is -0.378 e. The molecule has 1 aliphatic heterocycles. The smallest absolute Gasteiger partial charge is 0.231 e. The molecular formula is C21H26N2O2. The van der Waals surface area contributed by atoms with Gasteiger partial charge < -0.3 is 15.0 Å². The Morgan fingerprint density at radius 1 is 1.08 bits per heavy atom. The summed E-state index contributed by atoms with van der Waals surface area (Å²) in [5.41, 5.74) is 3.10. The number of anilines is 2. The Morgan fingerprint density at radius 2 is 1.76 bits per heavy atom. The van der Waals surface area contributed by atoms with Crippen molar-refractivity contribution in [3.8, 4) is 0 Å².